The molecule has 3 nitrogen and oxygen atoms in total. The first-order valence-corrected chi connectivity index (χ1v) is 6.99. The predicted octanol–water partition coefficient (Wildman–Crippen LogP) is 1.19. The van der Waals surface area contributed by atoms with Gasteiger partial charge in [0.05, 0.1) is 12.0 Å². The molecule has 1 aromatic heterocycles. The fourth-order valence-electron chi connectivity index (χ4n) is 1.54. The Morgan fingerprint density at radius 1 is 1.57 bits per heavy atom. The fraction of sp³-hybridized carbons (Fsp3) is 0.667. The first-order chi connectivity index (χ1) is 6.90. The highest BCUT2D eigenvalue weighted by Gasteiger charge is 2.15. The van der Waals surface area contributed by atoms with E-state index in [0.29, 0.717) is 6.54 Å². The average Bonchev–Trinajstić information content (AvgIpc) is 2.67. The molecular formula is C9H15N3S2. The molecule has 2 rings (SSSR count). The Labute approximate surface area is 92.8 Å². The summed E-state index contributed by atoms with van der Waals surface area (Å²) in [4.78, 5) is 4.13. The van der Waals surface area contributed by atoms with E-state index in [4.69, 9.17) is 5.73 Å². The van der Waals surface area contributed by atoms with Crippen LogP contribution in [0.15, 0.2) is 12.5 Å². The molecule has 0 saturated carbocycles. The van der Waals surface area contributed by atoms with Crippen LogP contribution in [0.5, 0.6) is 0 Å². The molecule has 0 aliphatic carbocycles. The van der Waals surface area contributed by atoms with Crippen molar-refractivity contribution in [3.8, 4) is 0 Å². The van der Waals surface area contributed by atoms with Crippen LogP contribution in [0.3, 0.4) is 0 Å². The largest absolute Gasteiger partial charge is 0.332 e. The van der Waals surface area contributed by atoms with Gasteiger partial charge in [-0.1, -0.05) is 0 Å². The minimum atomic E-state index is 0.588. The molecule has 78 valence electrons. The molecule has 1 aliphatic rings. The van der Waals surface area contributed by atoms with Crippen LogP contribution < -0.4 is 5.73 Å². The zero-order valence-electron chi connectivity index (χ0n) is 8.06. The van der Waals surface area contributed by atoms with Crippen LogP contribution in [0.2, 0.25) is 0 Å². The maximum absolute atomic E-state index is 5.63. The van der Waals surface area contributed by atoms with Gasteiger partial charge in [-0.2, -0.15) is 23.5 Å². The van der Waals surface area contributed by atoms with Gasteiger partial charge in [-0.05, 0) is 0 Å². The number of aromatic nitrogens is 2. The van der Waals surface area contributed by atoms with Crippen molar-refractivity contribution < 1.29 is 0 Å². The molecule has 1 saturated heterocycles. The highest BCUT2D eigenvalue weighted by molar-refractivity contribution is 8.06. The third-order valence-electron chi connectivity index (χ3n) is 2.29. The number of hydrogen-bond acceptors (Lipinski definition) is 4. The quantitative estimate of drug-likeness (QED) is 0.845. The molecule has 14 heavy (non-hydrogen) atoms. The van der Waals surface area contributed by atoms with Crippen LogP contribution in [0.1, 0.15) is 5.69 Å². The summed E-state index contributed by atoms with van der Waals surface area (Å²) >= 11 is 4.12. The van der Waals surface area contributed by atoms with Gasteiger partial charge in [0, 0.05) is 41.8 Å². The van der Waals surface area contributed by atoms with Crippen LogP contribution in [0, 0.1) is 0 Å². The smallest absolute Gasteiger partial charge is 0.0948 e. The van der Waals surface area contributed by atoms with Crippen LogP contribution in [0.25, 0.3) is 0 Å². The van der Waals surface area contributed by atoms with Gasteiger partial charge in [-0.15, -0.1) is 0 Å². The summed E-state index contributed by atoms with van der Waals surface area (Å²) in [5, 5.41) is 0.730. The lowest BCUT2D eigenvalue weighted by molar-refractivity contribution is 0.660. The molecule has 0 bridgehead atoms. The van der Waals surface area contributed by atoms with E-state index in [2.05, 4.69) is 33.1 Å². The second-order valence-corrected chi connectivity index (χ2v) is 5.87. The van der Waals surface area contributed by atoms with Crippen LogP contribution in [0.4, 0.5) is 0 Å². The second-order valence-electron chi connectivity index (χ2n) is 3.31. The zero-order valence-corrected chi connectivity index (χ0v) is 9.69. The molecule has 0 spiro atoms. The summed E-state index contributed by atoms with van der Waals surface area (Å²) < 4.78 is 2.18. The average molecular weight is 229 g/mol. The molecule has 2 N–H and O–H groups in total. The van der Waals surface area contributed by atoms with Crippen molar-refractivity contribution in [2.45, 2.75) is 18.3 Å². The fourth-order valence-corrected chi connectivity index (χ4v) is 4.21. The Morgan fingerprint density at radius 2 is 2.50 bits per heavy atom. The molecule has 0 aromatic carbocycles. The minimum Gasteiger partial charge on any atom is -0.332 e. The van der Waals surface area contributed by atoms with E-state index in [9.17, 15) is 0 Å². The second kappa shape index (κ2) is 5.09. The monoisotopic (exact) mass is 229 g/mol. The Kier molecular flexibility index (Phi) is 3.78. The van der Waals surface area contributed by atoms with Gasteiger partial charge in [0.15, 0.2) is 0 Å². The Morgan fingerprint density at radius 3 is 3.21 bits per heavy atom. The van der Waals surface area contributed by atoms with Gasteiger partial charge in [0.2, 0.25) is 0 Å². The van der Waals surface area contributed by atoms with Crippen molar-refractivity contribution in [3.63, 3.8) is 0 Å². The summed E-state index contributed by atoms with van der Waals surface area (Å²) in [5.41, 5.74) is 6.77. The molecule has 1 aromatic rings. The lowest BCUT2D eigenvalue weighted by Crippen LogP contribution is -2.21. The van der Waals surface area contributed by atoms with Gasteiger partial charge in [-0.3, -0.25) is 0 Å². The van der Waals surface area contributed by atoms with Crippen LogP contribution in [-0.4, -0.2) is 32.1 Å². The van der Waals surface area contributed by atoms with Crippen LogP contribution >= 0.6 is 23.5 Å². The van der Waals surface area contributed by atoms with Crippen molar-refractivity contribution in [2.75, 3.05) is 17.3 Å². The van der Waals surface area contributed by atoms with Crippen molar-refractivity contribution in [3.05, 3.63) is 18.2 Å². The summed E-state index contributed by atoms with van der Waals surface area (Å²) in [5.74, 6) is 3.84. The summed E-state index contributed by atoms with van der Waals surface area (Å²) in [6.07, 6.45) is 3.75. The summed E-state index contributed by atoms with van der Waals surface area (Å²) in [6.45, 7) is 1.65. The molecule has 5 heteroatoms. The van der Waals surface area contributed by atoms with E-state index in [0.717, 1.165) is 17.5 Å². The normalized spacial score (nSPS) is 22.5. The molecule has 1 unspecified atom stereocenters. The highest BCUT2D eigenvalue weighted by Crippen LogP contribution is 2.25. The van der Waals surface area contributed by atoms with Crippen LogP contribution in [-0.2, 0) is 13.1 Å². The number of imidazole rings is 1. The number of rotatable bonds is 3. The van der Waals surface area contributed by atoms with Gasteiger partial charge < -0.3 is 10.3 Å². The third kappa shape index (κ3) is 2.46. The van der Waals surface area contributed by atoms with Gasteiger partial charge in [0.25, 0.3) is 0 Å². The molecule has 0 amide bonds. The van der Waals surface area contributed by atoms with E-state index < -0.39 is 0 Å². The predicted molar refractivity (Wildman–Crippen MR) is 63.7 cm³/mol. The molecular weight excluding hydrogens is 214 g/mol. The van der Waals surface area contributed by atoms with E-state index in [1.807, 2.05) is 12.5 Å². The first kappa shape index (κ1) is 10.4. The minimum absolute atomic E-state index is 0.588. The maximum atomic E-state index is 5.63. The standard InChI is InChI=1S/C9H15N3S2/c10-3-8-4-11-7-12(8)5-9-6-13-1-2-14-9/h4,7,9H,1-3,5-6,10H2. The van der Waals surface area contributed by atoms with Gasteiger partial charge >= 0.3 is 0 Å². The molecule has 0 radical (unpaired) electrons. The first-order valence-electron chi connectivity index (χ1n) is 4.78. The van der Waals surface area contributed by atoms with Gasteiger partial charge in [-0.25, -0.2) is 4.98 Å². The maximum Gasteiger partial charge on any atom is 0.0948 e. The van der Waals surface area contributed by atoms with Gasteiger partial charge in [0.1, 0.15) is 0 Å². The summed E-state index contributed by atoms with van der Waals surface area (Å²) in [6, 6.07) is 0. The Bertz CT molecular complexity index is 281. The number of thioether (sulfide) groups is 2. The third-order valence-corrected chi connectivity index (χ3v) is 5.12. The van der Waals surface area contributed by atoms with E-state index >= 15 is 0 Å². The lowest BCUT2D eigenvalue weighted by Gasteiger charge is -2.21. The van der Waals surface area contributed by atoms with E-state index in [-0.39, 0.29) is 0 Å². The molecule has 1 aliphatic heterocycles. The van der Waals surface area contributed by atoms with Crippen molar-refractivity contribution >= 4 is 23.5 Å². The number of hydrogen-bond donors (Lipinski definition) is 1. The van der Waals surface area contributed by atoms with Crippen molar-refractivity contribution in [2.24, 2.45) is 5.73 Å². The molecule has 1 atom stereocenters. The number of nitrogens with zero attached hydrogens (tertiary/aromatic N) is 2. The number of nitrogens with two attached hydrogens (primary N) is 1. The molecule has 1 fully saturated rings. The lowest BCUT2D eigenvalue weighted by atomic mass is 10.4. The topological polar surface area (TPSA) is 43.8 Å². The van der Waals surface area contributed by atoms with Crippen molar-refractivity contribution in [1.29, 1.82) is 0 Å². The zero-order chi connectivity index (χ0) is 9.80. The summed E-state index contributed by atoms with van der Waals surface area (Å²) in [7, 11) is 0. The highest BCUT2D eigenvalue weighted by atomic mass is 32.2. The molecule has 2 heterocycles. The SMILES string of the molecule is NCc1cncn1CC1CSCCS1. The van der Waals surface area contributed by atoms with Crippen molar-refractivity contribution in [1.82, 2.24) is 9.55 Å². The Balaban J connectivity index is 1.95. The van der Waals surface area contributed by atoms with E-state index in [1.165, 1.54) is 17.3 Å². The Hall–Kier alpha value is -0.130. The van der Waals surface area contributed by atoms with E-state index in [1.54, 1.807) is 0 Å².